The summed E-state index contributed by atoms with van der Waals surface area (Å²) < 4.78 is 11.4. The van der Waals surface area contributed by atoms with E-state index in [0.29, 0.717) is 24.1 Å². The summed E-state index contributed by atoms with van der Waals surface area (Å²) in [6, 6.07) is 17.9. The van der Waals surface area contributed by atoms with Crippen molar-refractivity contribution in [3.63, 3.8) is 0 Å². The molecule has 5 nitrogen and oxygen atoms in total. The van der Waals surface area contributed by atoms with Gasteiger partial charge >= 0.3 is 0 Å². The summed E-state index contributed by atoms with van der Waals surface area (Å²) in [4.78, 5) is 12.2. The molecule has 0 bridgehead atoms. The molecule has 1 aliphatic heterocycles. The number of carbonyl (C=O) groups is 1. The van der Waals surface area contributed by atoms with Crippen LogP contribution < -0.4 is 15.4 Å². The number of carbonyl (C=O) groups excluding carboxylic acids is 1. The Bertz CT molecular complexity index is 897. The van der Waals surface area contributed by atoms with Crippen LogP contribution in [-0.2, 0) is 6.61 Å². The highest BCUT2D eigenvalue weighted by Crippen LogP contribution is 2.21. The Morgan fingerprint density at radius 2 is 2.04 bits per heavy atom. The highest BCUT2D eigenvalue weighted by Gasteiger charge is 2.17. The van der Waals surface area contributed by atoms with Gasteiger partial charge in [0.05, 0.1) is 0 Å². The Kier molecular flexibility index (Phi) is 4.88. The monoisotopic (exact) mass is 350 g/mol. The first-order valence-electron chi connectivity index (χ1n) is 9.00. The van der Waals surface area contributed by atoms with Gasteiger partial charge in [-0.3, -0.25) is 4.79 Å². The third-order valence-corrected chi connectivity index (χ3v) is 4.66. The van der Waals surface area contributed by atoms with Crippen molar-refractivity contribution in [1.29, 1.82) is 0 Å². The van der Waals surface area contributed by atoms with E-state index in [1.165, 1.54) is 5.39 Å². The standard InChI is InChI=1S/C21H22N2O3/c24-21(23-13-17-6-3-11-22-17)20-10-9-19(26-20)14-25-18-8-7-15-4-1-2-5-16(15)12-18/h1-2,4-5,7-10,12,17,22H,3,6,11,13-14H2,(H,23,24). The second-order valence-corrected chi connectivity index (χ2v) is 6.57. The first kappa shape index (κ1) is 16.7. The summed E-state index contributed by atoms with van der Waals surface area (Å²) in [5.41, 5.74) is 0. The smallest absolute Gasteiger partial charge is 0.287 e. The second kappa shape index (κ2) is 7.62. The van der Waals surface area contributed by atoms with Crippen molar-refractivity contribution >= 4 is 16.7 Å². The number of hydrogen-bond acceptors (Lipinski definition) is 4. The molecule has 2 N–H and O–H groups in total. The van der Waals surface area contributed by atoms with Crippen LogP contribution in [0.3, 0.4) is 0 Å². The molecule has 0 radical (unpaired) electrons. The largest absolute Gasteiger partial charge is 0.486 e. The van der Waals surface area contributed by atoms with Gasteiger partial charge in [0.15, 0.2) is 5.76 Å². The molecule has 1 atom stereocenters. The lowest BCUT2D eigenvalue weighted by molar-refractivity contribution is 0.0918. The summed E-state index contributed by atoms with van der Waals surface area (Å²) in [5, 5.41) is 8.57. The maximum absolute atomic E-state index is 12.2. The SMILES string of the molecule is O=C(NCC1CCCN1)c1ccc(COc2ccc3ccccc3c2)o1. The lowest BCUT2D eigenvalue weighted by Crippen LogP contribution is -2.37. The molecule has 1 fully saturated rings. The van der Waals surface area contributed by atoms with E-state index in [4.69, 9.17) is 9.15 Å². The summed E-state index contributed by atoms with van der Waals surface area (Å²) in [6.07, 6.45) is 2.26. The molecule has 1 amide bonds. The van der Waals surface area contributed by atoms with Crippen molar-refractivity contribution in [2.45, 2.75) is 25.5 Å². The van der Waals surface area contributed by atoms with Crippen molar-refractivity contribution in [2.75, 3.05) is 13.1 Å². The van der Waals surface area contributed by atoms with Crippen LogP contribution in [0, 0.1) is 0 Å². The molecule has 5 heteroatoms. The Labute approximate surface area is 152 Å². The molecule has 1 unspecified atom stereocenters. The van der Waals surface area contributed by atoms with Crippen LogP contribution in [-0.4, -0.2) is 25.0 Å². The number of amides is 1. The Morgan fingerprint density at radius 1 is 1.15 bits per heavy atom. The molecule has 134 valence electrons. The summed E-state index contributed by atoms with van der Waals surface area (Å²) in [7, 11) is 0. The van der Waals surface area contributed by atoms with E-state index in [2.05, 4.69) is 22.8 Å². The fraction of sp³-hybridized carbons (Fsp3) is 0.286. The van der Waals surface area contributed by atoms with Gasteiger partial charge in [0, 0.05) is 12.6 Å². The van der Waals surface area contributed by atoms with Gasteiger partial charge in [-0.15, -0.1) is 0 Å². The summed E-state index contributed by atoms with van der Waals surface area (Å²) >= 11 is 0. The molecule has 4 rings (SSSR count). The van der Waals surface area contributed by atoms with Gasteiger partial charge < -0.3 is 19.8 Å². The van der Waals surface area contributed by atoms with Gasteiger partial charge in [-0.05, 0) is 54.4 Å². The van der Waals surface area contributed by atoms with Gasteiger partial charge in [0.2, 0.25) is 0 Å². The maximum Gasteiger partial charge on any atom is 0.287 e. The molecule has 26 heavy (non-hydrogen) atoms. The number of hydrogen-bond donors (Lipinski definition) is 2. The topological polar surface area (TPSA) is 63.5 Å². The number of furan rings is 1. The molecule has 1 aliphatic rings. The van der Waals surface area contributed by atoms with E-state index in [1.807, 2.05) is 30.3 Å². The molecule has 0 aliphatic carbocycles. The van der Waals surface area contributed by atoms with Crippen LogP contribution >= 0.6 is 0 Å². The van der Waals surface area contributed by atoms with Gasteiger partial charge in [0.1, 0.15) is 18.1 Å². The normalized spacial score (nSPS) is 16.7. The number of ether oxygens (including phenoxy) is 1. The van der Waals surface area contributed by atoms with E-state index < -0.39 is 0 Å². The summed E-state index contributed by atoms with van der Waals surface area (Å²) in [5.74, 6) is 1.54. The van der Waals surface area contributed by atoms with Crippen LogP contribution in [0.25, 0.3) is 10.8 Å². The van der Waals surface area contributed by atoms with Crippen molar-refractivity contribution in [3.05, 3.63) is 66.1 Å². The predicted molar refractivity (Wildman–Crippen MR) is 100 cm³/mol. The van der Waals surface area contributed by atoms with Gasteiger partial charge in [-0.25, -0.2) is 0 Å². The zero-order chi connectivity index (χ0) is 17.8. The fourth-order valence-corrected chi connectivity index (χ4v) is 3.22. The van der Waals surface area contributed by atoms with Crippen molar-refractivity contribution in [3.8, 4) is 5.75 Å². The van der Waals surface area contributed by atoms with E-state index in [9.17, 15) is 4.79 Å². The Balaban J connectivity index is 1.33. The van der Waals surface area contributed by atoms with Crippen LogP contribution in [0.15, 0.2) is 59.0 Å². The first-order valence-corrected chi connectivity index (χ1v) is 9.00. The average molecular weight is 350 g/mol. The van der Waals surface area contributed by atoms with Crippen LogP contribution in [0.4, 0.5) is 0 Å². The molecule has 1 aromatic heterocycles. The van der Waals surface area contributed by atoms with Crippen LogP contribution in [0.2, 0.25) is 0 Å². The van der Waals surface area contributed by atoms with Crippen molar-refractivity contribution in [2.24, 2.45) is 0 Å². The number of nitrogens with one attached hydrogen (secondary N) is 2. The zero-order valence-electron chi connectivity index (χ0n) is 14.5. The van der Waals surface area contributed by atoms with Crippen LogP contribution in [0.1, 0.15) is 29.2 Å². The van der Waals surface area contributed by atoms with Crippen molar-refractivity contribution < 1.29 is 13.9 Å². The lowest BCUT2D eigenvalue weighted by atomic mass is 10.1. The number of rotatable bonds is 6. The third kappa shape index (κ3) is 3.89. The molecule has 2 heterocycles. The highest BCUT2D eigenvalue weighted by molar-refractivity contribution is 5.91. The number of fused-ring (bicyclic) bond motifs is 1. The highest BCUT2D eigenvalue weighted by atomic mass is 16.5. The minimum Gasteiger partial charge on any atom is -0.486 e. The zero-order valence-corrected chi connectivity index (χ0v) is 14.5. The minimum atomic E-state index is -0.185. The van der Waals surface area contributed by atoms with E-state index in [-0.39, 0.29) is 12.5 Å². The lowest BCUT2D eigenvalue weighted by Gasteiger charge is -2.10. The second-order valence-electron chi connectivity index (χ2n) is 6.57. The molecule has 1 saturated heterocycles. The molecular formula is C21H22N2O3. The Hall–Kier alpha value is -2.79. The third-order valence-electron chi connectivity index (χ3n) is 4.66. The van der Waals surface area contributed by atoms with Gasteiger partial charge in [-0.2, -0.15) is 0 Å². The molecular weight excluding hydrogens is 328 g/mol. The van der Waals surface area contributed by atoms with E-state index in [0.717, 1.165) is 30.5 Å². The van der Waals surface area contributed by atoms with E-state index >= 15 is 0 Å². The van der Waals surface area contributed by atoms with Gasteiger partial charge in [0.25, 0.3) is 5.91 Å². The fourth-order valence-electron chi connectivity index (χ4n) is 3.22. The quantitative estimate of drug-likeness (QED) is 0.714. The average Bonchev–Trinajstić information content (AvgIpc) is 3.36. The Morgan fingerprint density at radius 3 is 2.88 bits per heavy atom. The molecule has 0 spiro atoms. The molecule has 3 aromatic rings. The van der Waals surface area contributed by atoms with Gasteiger partial charge in [-0.1, -0.05) is 30.3 Å². The molecule has 2 aromatic carbocycles. The van der Waals surface area contributed by atoms with Crippen molar-refractivity contribution in [1.82, 2.24) is 10.6 Å². The summed E-state index contributed by atoms with van der Waals surface area (Å²) in [6.45, 7) is 1.94. The van der Waals surface area contributed by atoms with Crippen LogP contribution in [0.5, 0.6) is 5.75 Å². The maximum atomic E-state index is 12.2. The first-order chi connectivity index (χ1) is 12.8. The number of benzene rings is 2. The molecule has 0 saturated carbocycles. The minimum absolute atomic E-state index is 0.185. The van der Waals surface area contributed by atoms with E-state index in [1.54, 1.807) is 12.1 Å². The predicted octanol–water partition coefficient (Wildman–Crippen LogP) is 3.49.